The number of halogens is 3. The minimum Gasteiger partial charge on any atom is -0.508 e. The fourth-order valence-electron chi connectivity index (χ4n) is 7.77. The first-order chi connectivity index (χ1) is 34.7. The maximum Gasteiger partial charge on any atom is 0.307 e. The molecular weight excluding hydrogens is 946 g/mol. The Morgan fingerprint density at radius 1 is 0.575 bits per heavy atom. The van der Waals surface area contributed by atoms with Crippen LogP contribution in [0.5, 0.6) is 23.0 Å². The van der Waals surface area contributed by atoms with Gasteiger partial charge in [-0.1, -0.05) is 102 Å². The average molecular weight is 1010 g/mol. The molecular formula is C62H67ClF2O8. The molecule has 1 N–H and O–H groups in total. The van der Waals surface area contributed by atoms with Crippen molar-refractivity contribution in [1.82, 2.24) is 0 Å². The fourth-order valence-corrected chi connectivity index (χ4v) is 7.94. The minimum absolute atomic E-state index is 0.0876. The number of carbonyl (C=O) groups excluding carboxylic acids is 2. The molecule has 0 fully saturated rings. The molecule has 0 saturated heterocycles. The van der Waals surface area contributed by atoms with E-state index in [1.165, 1.54) is 12.1 Å². The van der Waals surface area contributed by atoms with Gasteiger partial charge in [-0.05, 0) is 142 Å². The number of terminal acetylenes is 2. The molecule has 0 heterocycles. The van der Waals surface area contributed by atoms with Crippen molar-refractivity contribution in [3.8, 4) is 69.9 Å². The highest BCUT2D eigenvalue weighted by atomic mass is 35.5. The van der Waals surface area contributed by atoms with Gasteiger partial charge in [0.1, 0.15) is 41.2 Å². The first kappa shape index (κ1) is 58.3. The SMILES string of the molecule is C#C[C@H](CC(=O)OCC)c1ccc(O)cc1.C#C[C@H](CC(=O)OCC)c1ccc(OCc2ccc(C(C)(C)C)c(-c3cc(OC)ccc3F)c2)cc1.COc1ccc(F)c(-c2cc(CCl)ccc2C(C)(C)C)c1. The maximum absolute atomic E-state index is 14.9. The lowest BCUT2D eigenvalue weighted by Gasteiger charge is -2.24. The first-order valence-corrected chi connectivity index (χ1v) is 24.5. The summed E-state index contributed by atoms with van der Waals surface area (Å²) in [6.07, 6.45) is 11.3. The number of phenols is 1. The van der Waals surface area contributed by atoms with Crippen molar-refractivity contribution in [2.45, 2.75) is 103 Å². The number of alkyl halides is 1. The van der Waals surface area contributed by atoms with Gasteiger partial charge in [0.05, 0.1) is 52.1 Å². The smallest absolute Gasteiger partial charge is 0.307 e. The highest BCUT2D eigenvalue weighted by Crippen LogP contribution is 2.39. The summed E-state index contributed by atoms with van der Waals surface area (Å²) < 4.78 is 55.6. The van der Waals surface area contributed by atoms with Gasteiger partial charge in [-0.2, -0.15) is 0 Å². The Bertz CT molecular complexity index is 2850. The Morgan fingerprint density at radius 2 is 0.973 bits per heavy atom. The van der Waals surface area contributed by atoms with Crippen LogP contribution in [-0.2, 0) is 42.4 Å². The average Bonchev–Trinajstić information content (AvgIpc) is 3.37. The molecule has 6 aromatic rings. The van der Waals surface area contributed by atoms with E-state index in [1.807, 2.05) is 60.7 Å². The van der Waals surface area contributed by atoms with Gasteiger partial charge >= 0.3 is 11.9 Å². The maximum atomic E-state index is 14.9. The molecule has 0 radical (unpaired) electrons. The summed E-state index contributed by atoms with van der Waals surface area (Å²) in [5.41, 5.74) is 8.13. The number of hydrogen-bond donors (Lipinski definition) is 1. The molecule has 0 aliphatic rings. The number of rotatable bonds is 16. The largest absolute Gasteiger partial charge is 0.508 e. The molecule has 6 aromatic carbocycles. The number of methoxy groups -OCH3 is 2. The lowest BCUT2D eigenvalue weighted by Crippen LogP contribution is -2.13. The molecule has 0 saturated carbocycles. The summed E-state index contributed by atoms with van der Waals surface area (Å²) in [7, 11) is 3.15. The van der Waals surface area contributed by atoms with Crippen molar-refractivity contribution in [2.75, 3.05) is 27.4 Å². The standard InChI is InChI=1S/C31H33FO4.C18H20ClFO.C13H14O3/c1-7-22(18-30(33)35-8-2)23-10-12-24(13-11-23)36-20-21-9-15-28(31(3,4)5)26(17-21)27-19-25(34-6)14-16-29(27)32;1-18(2,3)16-7-5-12(11-19)9-14(16)15-10-13(21-4)6-8-17(15)20;1-3-10(9-13(15)16-4-2)11-5-7-12(14)8-6-11/h1,9-17,19,22H,8,18,20H2,2-6H3;5-10H,11H2,1-4H3;1,5-8,10,14H,4,9H2,2H3/t22-;;10-/m1.1/s1. The topological polar surface area (TPSA) is 101 Å². The lowest BCUT2D eigenvalue weighted by molar-refractivity contribution is -0.144. The number of aromatic hydroxyl groups is 1. The van der Waals surface area contributed by atoms with Crippen LogP contribution in [0.1, 0.15) is 113 Å². The van der Waals surface area contributed by atoms with Crippen molar-refractivity contribution in [2.24, 2.45) is 0 Å². The van der Waals surface area contributed by atoms with E-state index in [1.54, 1.807) is 76.6 Å². The second-order valence-corrected chi connectivity index (χ2v) is 19.3. The van der Waals surface area contributed by atoms with Gasteiger partial charge in [0.2, 0.25) is 0 Å². The summed E-state index contributed by atoms with van der Waals surface area (Å²) >= 11 is 5.93. The van der Waals surface area contributed by atoms with E-state index in [0.29, 0.717) is 54.1 Å². The number of carbonyl (C=O) groups is 2. The van der Waals surface area contributed by atoms with E-state index >= 15 is 0 Å². The monoisotopic (exact) mass is 1010 g/mol. The molecule has 6 rings (SSSR count). The molecule has 0 spiro atoms. The van der Waals surface area contributed by atoms with Crippen LogP contribution in [0.2, 0.25) is 0 Å². The summed E-state index contributed by atoms with van der Waals surface area (Å²) in [6.45, 7) is 17.2. The van der Waals surface area contributed by atoms with Crippen LogP contribution in [0.3, 0.4) is 0 Å². The third-order valence-corrected chi connectivity index (χ3v) is 11.9. The minimum atomic E-state index is -0.358. The number of esters is 2. The van der Waals surface area contributed by atoms with Crippen molar-refractivity contribution in [3.05, 3.63) is 166 Å². The molecule has 2 atom stereocenters. The molecule has 11 heteroatoms. The zero-order valence-electron chi connectivity index (χ0n) is 43.5. The Labute approximate surface area is 436 Å². The van der Waals surface area contributed by atoms with Gasteiger partial charge in [-0.15, -0.1) is 24.4 Å². The second kappa shape index (κ2) is 27.5. The van der Waals surface area contributed by atoms with Gasteiger partial charge in [0.25, 0.3) is 0 Å². The quantitative estimate of drug-likeness (QED) is 0.0581. The number of phenolic OH excluding ortho intramolecular Hbond substituents is 1. The highest BCUT2D eigenvalue weighted by Gasteiger charge is 2.23. The second-order valence-electron chi connectivity index (χ2n) is 19.0. The summed E-state index contributed by atoms with van der Waals surface area (Å²) in [4.78, 5) is 23.1. The summed E-state index contributed by atoms with van der Waals surface area (Å²) in [5, 5.41) is 9.13. The first-order valence-electron chi connectivity index (χ1n) is 24.0. The van der Waals surface area contributed by atoms with Crippen molar-refractivity contribution in [1.29, 1.82) is 0 Å². The van der Waals surface area contributed by atoms with Gasteiger partial charge in [0, 0.05) is 17.0 Å². The van der Waals surface area contributed by atoms with Gasteiger partial charge < -0.3 is 28.8 Å². The van der Waals surface area contributed by atoms with Crippen LogP contribution < -0.4 is 14.2 Å². The zero-order valence-corrected chi connectivity index (χ0v) is 44.3. The van der Waals surface area contributed by atoms with Crippen LogP contribution in [0.15, 0.2) is 121 Å². The normalized spacial score (nSPS) is 11.7. The van der Waals surface area contributed by atoms with E-state index < -0.39 is 0 Å². The fraction of sp³-hybridized carbons (Fsp3) is 0.323. The summed E-state index contributed by atoms with van der Waals surface area (Å²) in [6, 6.07) is 35.5. The predicted molar refractivity (Wildman–Crippen MR) is 288 cm³/mol. The Kier molecular flexibility index (Phi) is 22.0. The zero-order chi connectivity index (χ0) is 53.9. The number of ether oxygens (including phenoxy) is 5. The van der Waals surface area contributed by atoms with E-state index in [9.17, 15) is 18.4 Å². The molecule has 384 valence electrons. The molecule has 0 bridgehead atoms. The van der Waals surface area contributed by atoms with Crippen LogP contribution in [0.25, 0.3) is 22.3 Å². The van der Waals surface area contributed by atoms with Crippen LogP contribution in [0.4, 0.5) is 8.78 Å². The van der Waals surface area contributed by atoms with E-state index in [0.717, 1.165) is 44.5 Å². The molecule has 73 heavy (non-hydrogen) atoms. The molecule has 8 nitrogen and oxygen atoms in total. The van der Waals surface area contributed by atoms with Crippen molar-refractivity contribution in [3.63, 3.8) is 0 Å². The Balaban J connectivity index is 0.000000263. The highest BCUT2D eigenvalue weighted by molar-refractivity contribution is 6.17. The molecule has 0 aliphatic heterocycles. The van der Waals surface area contributed by atoms with E-state index in [2.05, 4.69) is 53.4 Å². The summed E-state index contributed by atoms with van der Waals surface area (Å²) in [5.74, 6) is 5.84. The third kappa shape index (κ3) is 17.2. The van der Waals surface area contributed by atoms with Crippen LogP contribution in [0, 0.1) is 36.3 Å². The van der Waals surface area contributed by atoms with Crippen molar-refractivity contribution >= 4 is 23.5 Å². The number of benzene rings is 6. The lowest BCUT2D eigenvalue weighted by atomic mass is 9.81. The Morgan fingerprint density at radius 3 is 1.36 bits per heavy atom. The Hall–Kier alpha value is -7.27. The van der Waals surface area contributed by atoms with Gasteiger partial charge in [-0.3, -0.25) is 9.59 Å². The molecule has 0 aliphatic carbocycles. The predicted octanol–water partition coefficient (Wildman–Crippen LogP) is 14.6. The van der Waals surface area contributed by atoms with Gasteiger partial charge in [0.15, 0.2) is 0 Å². The molecule has 0 amide bonds. The molecule has 0 aromatic heterocycles. The van der Waals surface area contributed by atoms with Crippen LogP contribution >= 0.6 is 11.6 Å². The van der Waals surface area contributed by atoms with E-state index in [-0.39, 0.29) is 64.8 Å². The van der Waals surface area contributed by atoms with Crippen LogP contribution in [-0.4, -0.2) is 44.5 Å². The molecule has 0 unspecified atom stereocenters. The van der Waals surface area contributed by atoms with Gasteiger partial charge in [-0.25, -0.2) is 8.78 Å². The van der Waals surface area contributed by atoms with E-state index in [4.69, 9.17) is 53.2 Å². The van der Waals surface area contributed by atoms with Crippen molar-refractivity contribution < 1.29 is 47.2 Å². The number of hydrogen-bond acceptors (Lipinski definition) is 8. The third-order valence-electron chi connectivity index (χ3n) is 11.6.